The molecule has 0 spiro atoms. The fraction of sp³-hybridized carbons (Fsp3) is 0.0909. The average molecular weight is 223 g/mol. The van der Waals surface area contributed by atoms with Crippen molar-refractivity contribution < 1.29 is 4.39 Å². The molecule has 1 aromatic carbocycles. The van der Waals surface area contributed by atoms with Gasteiger partial charge in [0.05, 0.1) is 5.69 Å². The highest BCUT2D eigenvalue weighted by Crippen LogP contribution is 2.22. The lowest BCUT2D eigenvalue weighted by molar-refractivity contribution is 0.630. The summed E-state index contributed by atoms with van der Waals surface area (Å²) < 4.78 is 13.4. The number of benzene rings is 1. The van der Waals surface area contributed by atoms with Crippen molar-refractivity contribution >= 4 is 11.6 Å². The predicted molar refractivity (Wildman–Crippen MR) is 57.2 cm³/mol. The molecule has 2 nitrogen and oxygen atoms in total. The van der Waals surface area contributed by atoms with Crippen LogP contribution in [0.4, 0.5) is 4.39 Å². The zero-order chi connectivity index (χ0) is 10.8. The molecule has 4 heteroatoms. The summed E-state index contributed by atoms with van der Waals surface area (Å²) in [6, 6.07) is 8.15. The van der Waals surface area contributed by atoms with E-state index in [2.05, 4.69) is 10.2 Å². The molecule has 0 unspecified atom stereocenters. The van der Waals surface area contributed by atoms with E-state index in [1.807, 2.05) is 0 Å². The van der Waals surface area contributed by atoms with E-state index in [1.54, 1.807) is 31.2 Å². The Bertz CT molecular complexity index is 500. The minimum Gasteiger partial charge on any atom is -0.206 e. The molecule has 0 aliphatic rings. The zero-order valence-corrected chi connectivity index (χ0v) is 8.79. The van der Waals surface area contributed by atoms with Gasteiger partial charge in [0.15, 0.2) is 5.15 Å². The summed E-state index contributed by atoms with van der Waals surface area (Å²) in [6.45, 7) is 1.81. The molecule has 0 amide bonds. The van der Waals surface area contributed by atoms with Gasteiger partial charge in [0.25, 0.3) is 0 Å². The Balaban J connectivity index is 2.55. The Hall–Kier alpha value is -1.48. The highest BCUT2D eigenvalue weighted by Gasteiger charge is 2.07. The van der Waals surface area contributed by atoms with Gasteiger partial charge in [-0.05, 0) is 30.7 Å². The van der Waals surface area contributed by atoms with E-state index in [0.29, 0.717) is 16.4 Å². The molecular formula is C11H8ClFN2. The van der Waals surface area contributed by atoms with E-state index in [0.717, 1.165) is 5.56 Å². The van der Waals surface area contributed by atoms with Crippen LogP contribution in [0.1, 0.15) is 5.56 Å². The Kier molecular flexibility index (Phi) is 2.64. The van der Waals surface area contributed by atoms with Gasteiger partial charge in [-0.15, -0.1) is 10.2 Å². The second kappa shape index (κ2) is 3.95. The highest BCUT2D eigenvalue weighted by atomic mass is 35.5. The van der Waals surface area contributed by atoms with Crippen LogP contribution in [-0.4, -0.2) is 10.2 Å². The molecule has 76 valence electrons. The summed E-state index contributed by atoms with van der Waals surface area (Å²) in [5.74, 6) is -0.312. The van der Waals surface area contributed by atoms with Crippen LogP contribution in [0.2, 0.25) is 5.15 Å². The van der Waals surface area contributed by atoms with Crippen molar-refractivity contribution in [2.45, 2.75) is 6.92 Å². The summed E-state index contributed by atoms with van der Waals surface area (Å²) >= 11 is 5.74. The van der Waals surface area contributed by atoms with Gasteiger partial charge in [0.2, 0.25) is 0 Å². The molecule has 0 saturated heterocycles. The monoisotopic (exact) mass is 222 g/mol. The van der Waals surface area contributed by atoms with Crippen molar-refractivity contribution in [2.75, 3.05) is 0 Å². The summed E-state index contributed by atoms with van der Waals surface area (Å²) in [7, 11) is 0. The molecular weight excluding hydrogens is 215 g/mol. The summed E-state index contributed by atoms with van der Waals surface area (Å²) in [5.41, 5.74) is 1.71. The molecule has 0 N–H and O–H groups in total. The first kappa shape index (κ1) is 10.1. The van der Waals surface area contributed by atoms with Crippen molar-refractivity contribution in [3.8, 4) is 11.3 Å². The average Bonchev–Trinajstić information content (AvgIpc) is 2.23. The van der Waals surface area contributed by atoms with Gasteiger partial charge in [-0.1, -0.05) is 23.7 Å². The molecule has 0 aliphatic heterocycles. The number of aryl methyl sites for hydroxylation is 1. The molecule has 0 atom stereocenters. The maximum Gasteiger partial charge on any atom is 0.154 e. The Morgan fingerprint density at radius 3 is 2.60 bits per heavy atom. The van der Waals surface area contributed by atoms with Gasteiger partial charge < -0.3 is 0 Å². The topological polar surface area (TPSA) is 25.8 Å². The predicted octanol–water partition coefficient (Wildman–Crippen LogP) is 3.24. The summed E-state index contributed by atoms with van der Waals surface area (Å²) in [4.78, 5) is 0. The van der Waals surface area contributed by atoms with Crippen molar-refractivity contribution in [1.82, 2.24) is 10.2 Å². The Labute approximate surface area is 91.7 Å². The van der Waals surface area contributed by atoms with Crippen LogP contribution in [0.3, 0.4) is 0 Å². The standard InChI is InChI=1S/C11H8ClFN2/c1-7-6-10(14-15-11(7)12)8-4-2-3-5-9(8)13/h2-6H,1H3. The Morgan fingerprint density at radius 1 is 1.20 bits per heavy atom. The lowest BCUT2D eigenvalue weighted by Gasteiger charge is -2.02. The van der Waals surface area contributed by atoms with Gasteiger partial charge >= 0.3 is 0 Å². The number of rotatable bonds is 1. The van der Waals surface area contributed by atoms with Gasteiger partial charge in [-0.2, -0.15) is 0 Å². The lowest BCUT2D eigenvalue weighted by Crippen LogP contribution is -1.92. The van der Waals surface area contributed by atoms with E-state index in [4.69, 9.17) is 11.6 Å². The quantitative estimate of drug-likeness (QED) is 0.740. The number of halogens is 2. The number of hydrogen-bond donors (Lipinski definition) is 0. The third-order valence-electron chi connectivity index (χ3n) is 2.07. The first-order chi connectivity index (χ1) is 7.18. The molecule has 2 rings (SSSR count). The van der Waals surface area contributed by atoms with Crippen molar-refractivity contribution in [3.63, 3.8) is 0 Å². The molecule has 1 heterocycles. The molecule has 0 bridgehead atoms. The molecule has 15 heavy (non-hydrogen) atoms. The van der Waals surface area contributed by atoms with E-state index < -0.39 is 0 Å². The number of aromatic nitrogens is 2. The first-order valence-electron chi connectivity index (χ1n) is 4.43. The Morgan fingerprint density at radius 2 is 1.93 bits per heavy atom. The summed E-state index contributed by atoms with van der Waals surface area (Å²) in [6.07, 6.45) is 0. The fourth-order valence-electron chi connectivity index (χ4n) is 1.27. The molecule has 1 aromatic heterocycles. The van der Waals surface area contributed by atoms with Crippen molar-refractivity contribution in [2.24, 2.45) is 0 Å². The van der Waals surface area contributed by atoms with Gasteiger partial charge in [0, 0.05) is 5.56 Å². The largest absolute Gasteiger partial charge is 0.206 e. The first-order valence-corrected chi connectivity index (χ1v) is 4.81. The van der Waals surface area contributed by atoms with Gasteiger partial charge in [-0.3, -0.25) is 0 Å². The maximum atomic E-state index is 13.4. The fourth-order valence-corrected chi connectivity index (χ4v) is 1.36. The van der Waals surface area contributed by atoms with Crippen LogP contribution in [0, 0.1) is 12.7 Å². The van der Waals surface area contributed by atoms with E-state index in [-0.39, 0.29) is 5.82 Å². The minimum absolute atomic E-state index is 0.312. The molecule has 0 radical (unpaired) electrons. The third kappa shape index (κ3) is 1.97. The van der Waals surface area contributed by atoms with E-state index in [1.165, 1.54) is 6.07 Å². The minimum atomic E-state index is -0.312. The SMILES string of the molecule is Cc1cc(-c2ccccc2F)nnc1Cl. The molecule has 0 fully saturated rings. The van der Waals surface area contributed by atoms with Gasteiger partial charge in [-0.25, -0.2) is 4.39 Å². The van der Waals surface area contributed by atoms with Crippen LogP contribution in [0.15, 0.2) is 30.3 Å². The highest BCUT2D eigenvalue weighted by molar-refractivity contribution is 6.30. The smallest absolute Gasteiger partial charge is 0.154 e. The number of nitrogens with zero attached hydrogens (tertiary/aromatic N) is 2. The lowest BCUT2D eigenvalue weighted by atomic mass is 10.1. The maximum absolute atomic E-state index is 13.4. The molecule has 0 saturated carbocycles. The van der Waals surface area contributed by atoms with Gasteiger partial charge in [0.1, 0.15) is 5.82 Å². The van der Waals surface area contributed by atoms with Crippen LogP contribution >= 0.6 is 11.6 Å². The summed E-state index contributed by atoms with van der Waals surface area (Å²) in [5, 5.41) is 7.94. The van der Waals surface area contributed by atoms with Crippen molar-refractivity contribution in [3.05, 3.63) is 46.9 Å². The third-order valence-corrected chi connectivity index (χ3v) is 2.45. The second-order valence-electron chi connectivity index (χ2n) is 3.18. The van der Waals surface area contributed by atoms with Crippen LogP contribution in [-0.2, 0) is 0 Å². The van der Waals surface area contributed by atoms with E-state index in [9.17, 15) is 4.39 Å². The van der Waals surface area contributed by atoms with Crippen LogP contribution in [0.25, 0.3) is 11.3 Å². The normalized spacial score (nSPS) is 10.3. The van der Waals surface area contributed by atoms with E-state index >= 15 is 0 Å². The number of hydrogen-bond acceptors (Lipinski definition) is 2. The molecule has 2 aromatic rings. The second-order valence-corrected chi connectivity index (χ2v) is 3.54. The van der Waals surface area contributed by atoms with Crippen LogP contribution in [0.5, 0.6) is 0 Å². The zero-order valence-electron chi connectivity index (χ0n) is 8.04. The van der Waals surface area contributed by atoms with Crippen LogP contribution < -0.4 is 0 Å². The van der Waals surface area contributed by atoms with Crippen molar-refractivity contribution in [1.29, 1.82) is 0 Å². The molecule has 0 aliphatic carbocycles.